The Kier molecular flexibility index (Phi) is 1.70. The van der Waals surface area contributed by atoms with E-state index in [1.54, 1.807) is 0 Å². The van der Waals surface area contributed by atoms with Gasteiger partial charge in [0.1, 0.15) is 0 Å². The fourth-order valence-corrected chi connectivity index (χ4v) is 4.03. The van der Waals surface area contributed by atoms with Gasteiger partial charge in [0.25, 0.3) is 0 Å². The van der Waals surface area contributed by atoms with E-state index in [9.17, 15) is 0 Å². The van der Waals surface area contributed by atoms with Crippen LogP contribution in [0.5, 0.6) is 0 Å². The standard InChI is InChI=1S/C16H17N/c1-2-6-14-13(5-1)7-10-15-8-3-4-9-16(14,15)17-12-11-15/h1-2,5-7,10-12,17H,3-4,8-9H2. The zero-order valence-corrected chi connectivity index (χ0v) is 9.95. The van der Waals surface area contributed by atoms with Gasteiger partial charge in [0.05, 0.1) is 5.54 Å². The van der Waals surface area contributed by atoms with Crippen molar-refractivity contribution in [2.45, 2.75) is 31.2 Å². The molecule has 0 saturated heterocycles. The van der Waals surface area contributed by atoms with Crippen LogP contribution in [0.3, 0.4) is 0 Å². The summed E-state index contributed by atoms with van der Waals surface area (Å²) < 4.78 is 0. The quantitative estimate of drug-likeness (QED) is 0.708. The second-order valence-corrected chi connectivity index (χ2v) is 5.55. The van der Waals surface area contributed by atoms with E-state index in [2.05, 4.69) is 54.0 Å². The molecule has 1 aromatic rings. The summed E-state index contributed by atoms with van der Waals surface area (Å²) in [5, 5.41) is 3.69. The molecule has 1 heteroatoms. The smallest absolute Gasteiger partial charge is 0.0751 e. The normalized spacial score (nSPS) is 36.9. The van der Waals surface area contributed by atoms with Crippen LogP contribution in [0.2, 0.25) is 0 Å². The molecule has 2 unspecified atom stereocenters. The Morgan fingerprint density at radius 2 is 1.88 bits per heavy atom. The molecule has 1 fully saturated rings. The molecule has 0 spiro atoms. The average Bonchev–Trinajstić information content (AvgIpc) is 2.79. The van der Waals surface area contributed by atoms with Gasteiger partial charge in [0.15, 0.2) is 0 Å². The van der Waals surface area contributed by atoms with Crippen molar-refractivity contribution < 1.29 is 0 Å². The van der Waals surface area contributed by atoms with E-state index < -0.39 is 0 Å². The third-order valence-electron chi connectivity index (χ3n) is 4.88. The summed E-state index contributed by atoms with van der Waals surface area (Å²) in [5.41, 5.74) is 3.27. The zero-order chi connectivity index (χ0) is 11.3. The van der Waals surface area contributed by atoms with Gasteiger partial charge in [0, 0.05) is 5.41 Å². The van der Waals surface area contributed by atoms with Crippen LogP contribution in [0, 0.1) is 5.41 Å². The highest BCUT2D eigenvalue weighted by molar-refractivity contribution is 5.64. The number of benzene rings is 1. The minimum Gasteiger partial charge on any atom is -0.380 e. The largest absolute Gasteiger partial charge is 0.380 e. The third-order valence-corrected chi connectivity index (χ3v) is 4.88. The van der Waals surface area contributed by atoms with Crippen LogP contribution in [0.1, 0.15) is 36.8 Å². The number of hydrogen-bond acceptors (Lipinski definition) is 1. The number of hydrogen-bond donors (Lipinski definition) is 1. The summed E-state index contributed by atoms with van der Waals surface area (Å²) in [6, 6.07) is 8.85. The van der Waals surface area contributed by atoms with Crippen LogP contribution in [0.25, 0.3) is 6.08 Å². The van der Waals surface area contributed by atoms with Gasteiger partial charge in [-0.1, -0.05) is 55.3 Å². The number of nitrogens with one attached hydrogen (secondary N) is 1. The Hall–Kier alpha value is -1.50. The van der Waals surface area contributed by atoms with Crippen LogP contribution in [-0.4, -0.2) is 0 Å². The molecule has 1 aliphatic heterocycles. The molecule has 0 bridgehead atoms. The monoisotopic (exact) mass is 223 g/mol. The van der Waals surface area contributed by atoms with Crippen molar-refractivity contribution in [3.8, 4) is 0 Å². The Morgan fingerprint density at radius 3 is 2.88 bits per heavy atom. The van der Waals surface area contributed by atoms with Crippen LogP contribution >= 0.6 is 0 Å². The summed E-state index contributed by atoms with van der Waals surface area (Å²) in [6.45, 7) is 0. The van der Waals surface area contributed by atoms with Crippen LogP contribution < -0.4 is 5.32 Å². The highest BCUT2D eigenvalue weighted by atomic mass is 15.0. The summed E-state index contributed by atoms with van der Waals surface area (Å²) >= 11 is 0. The third kappa shape index (κ3) is 1.00. The van der Waals surface area contributed by atoms with Crippen molar-refractivity contribution in [2.75, 3.05) is 0 Å². The topological polar surface area (TPSA) is 12.0 Å². The van der Waals surface area contributed by atoms with Gasteiger partial charge in [-0.3, -0.25) is 0 Å². The molecule has 0 amide bonds. The first-order chi connectivity index (χ1) is 8.36. The molecule has 1 nitrogen and oxygen atoms in total. The maximum atomic E-state index is 3.69. The molecule has 0 radical (unpaired) electrons. The molecule has 2 aliphatic carbocycles. The fourth-order valence-electron chi connectivity index (χ4n) is 4.03. The first-order valence-electron chi connectivity index (χ1n) is 6.61. The molecular formula is C16H17N. The second-order valence-electron chi connectivity index (χ2n) is 5.55. The Morgan fingerprint density at radius 1 is 1.00 bits per heavy atom. The highest BCUT2D eigenvalue weighted by Gasteiger charge is 2.54. The van der Waals surface area contributed by atoms with E-state index in [0.717, 1.165) is 0 Å². The minimum absolute atomic E-state index is 0.149. The van der Waals surface area contributed by atoms with Gasteiger partial charge < -0.3 is 5.32 Å². The van der Waals surface area contributed by atoms with Crippen LogP contribution in [0.4, 0.5) is 0 Å². The highest BCUT2D eigenvalue weighted by Crippen LogP contribution is 2.57. The molecular weight excluding hydrogens is 206 g/mol. The SMILES string of the molecule is C1=CC23C=Cc4ccccc4C2(CCCC3)N1. The fraction of sp³-hybridized carbons (Fsp3) is 0.375. The molecule has 1 saturated carbocycles. The molecule has 1 N–H and O–H groups in total. The van der Waals surface area contributed by atoms with Gasteiger partial charge in [-0.05, 0) is 30.2 Å². The molecule has 86 valence electrons. The van der Waals surface area contributed by atoms with Crippen molar-refractivity contribution in [1.82, 2.24) is 5.32 Å². The van der Waals surface area contributed by atoms with E-state index in [-0.39, 0.29) is 11.0 Å². The van der Waals surface area contributed by atoms with Crippen molar-refractivity contribution in [3.05, 3.63) is 53.7 Å². The van der Waals surface area contributed by atoms with Crippen molar-refractivity contribution in [3.63, 3.8) is 0 Å². The van der Waals surface area contributed by atoms with E-state index in [1.807, 2.05) is 0 Å². The summed E-state index contributed by atoms with van der Waals surface area (Å²) in [6.07, 6.45) is 14.5. The maximum absolute atomic E-state index is 3.69. The molecule has 2 atom stereocenters. The van der Waals surface area contributed by atoms with E-state index in [0.29, 0.717) is 0 Å². The second kappa shape index (κ2) is 3.04. The van der Waals surface area contributed by atoms with Crippen molar-refractivity contribution in [1.29, 1.82) is 0 Å². The molecule has 0 aromatic heterocycles. The lowest BCUT2D eigenvalue weighted by atomic mass is 9.57. The van der Waals surface area contributed by atoms with E-state index in [4.69, 9.17) is 0 Å². The first-order valence-corrected chi connectivity index (χ1v) is 6.61. The number of fused-ring (bicyclic) bond motifs is 1. The first kappa shape index (κ1) is 9.52. The summed E-state index contributed by atoms with van der Waals surface area (Å²) in [7, 11) is 0. The Bertz CT molecular complexity index is 528. The molecule has 1 aromatic carbocycles. The average molecular weight is 223 g/mol. The van der Waals surface area contributed by atoms with Crippen LogP contribution in [-0.2, 0) is 5.54 Å². The van der Waals surface area contributed by atoms with Crippen molar-refractivity contribution >= 4 is 6.08 Å². The Labute approximate surface area is 102 Å². The lowest BCUT2D eigenvalue weighted by molar-refractivity contribution is 0.146. The summed E-state index contributed by atoms with van der Waals surface area (Å²) in [4.78, 5) is 0. The van der Waals surface area contributed by atoms with Gasteiger partial charge in [-0.15, -0.1) is 0 Å². The Balaban J connectivity index is 2.00. The van der Waals surface area contributed by atoms with E-state index >= 15 is 0 Å². The van der Waals surface area contributed by atoms with Gasteiger partial charge in [-0.25, -0.2) is 0 Å². The lowest BCUT2D eigenvalue weighted by Gasteiger charge is -2.50. The predicted octanol–water partition coefficient (Wildman–Crippen LogP) is 3.59. The number of rotatable bonds is 0. The lowest BCUT2D eigenvalue weighted by Crippen LogP contribution is -2.52. The van der Waals surface area contributed by atoms with E-state index in [1.165, 1.54) is 36.8 Å². The minimum atomic E-state index is 0.149. The maximum Gasteiger partial charge on any atom is 0.0751 e. The zero-order valence-electron chi connectivity index (χ0n) is 9.95. The van der Waals surface area contributed by atoms with Gasteiger partial charge in [-0.2, -0.15) is 0 Å². The molecule has 4 rings (SSSR count). The van der Waals surface area contributed by atoms with Gasteiger partial charge >= 0.3 is 0 Å². The molecule has 3 aliphatic rings. The molecule has 1 heterocycles. The van der Waals surface area contributed by atoms with Crippen molar-refractivity contribution in [2.24, 2.45) is 5.41 Å². The van der Waals surface area contributed by atoms with Gasteiger partial charge in [0.2, 0.25) is 0 Å². The molecule has 17 heavy (non-hydrogen) atoms. The predicted molar refractivity (Wildman–Crippen MR) is 70.3 cm³/mol. The van der Waals surface area contributed by atoms with Crippen LogP contribution in [0.15, 0.2) is 42.6 Å². The summed E-state index contributed by atoms with van der Waals surface area (Å²) in [5.74, 6) is 0.